The summed E-state index contributed by atoms with van der Waals surface area (Å²) < 4.78 is 29.3. The van der Waals surface area contributed by atoms with Crippen LogP contribution in [0.15, 0.2) is 30.3 Å². The largest absolute Gasteiger partial charge is 0.495 e. The summed E-state index contributed by atoms with van der Waals surface area (Å²) in [5.41, 5.74) is 0.821. The topological polar surface area (TPSA) is 97.4 Å². The molecule has 3 aromatic rings. The van der Waals surface area contributed by atoms with Crippen LogP contribution in [0.1, 0.15) is 16.1 Å². The van der Waals surface area contributed by atoms with E-state index in [9.17, 15) is 13.2 Å². The minimum absolute atomic E-state index is 0.0176. The SMILES string of the molecule is COc1ccccc1Nc1nc2sc(C(=O)N[C@@H]3CCS(=O)(=O)C3)cc2s1. The Balaban J connectivity index is 1.48. The van der Waals surface area contributed by atoms with E-state index in [1.165, 1.54) is 22.7 Å². The maximum Gasteiger partial charge on any atom is 0.261 e. The number of ether oxygens (including phenoxy) is 1. The number of aromatic nitrogens is 1. The molecule has 142 valence electrons. The van der Waals surface area contributed by atoms with Gasteiger partial charge in [-0.2, -0.15) is 0 Å². The number of carbonyl (C=O) groups excluding carboxylic acids is 1. The Morgan fingerprint density at radius 3 is 2.81 bits per heavy atom. The van der Waals surface area contributed by atoms with Crippen molar-refractivity contribution in [2.24, 2.45) is 0 Å². The number of nitrogens with one attached hydrogen (secondary N) is 2. The van der Waals surface area contributed by atoms with Crippen molar-refractivity contribution in [1.82, 2.24) is 10.3 Å². The summed E-state index contributed by atoms with van der Waals surface area (Å²) in [5.74, 6) is 0.634. The number of thiophene rings is 1. The van der Waals surface area contributed by atoms with Gasteiger partial charge in [-0.05, 0) is 24.6 Å². The fourth-order valence-corrected chi connectivity index (χ4v) is 6.63. The van der Waals surface area contributed by atoms with Crippen molar-refractivity contribution in [1.29, 1.82) is 0 Å². The van der Waals surface area contributed by atoms with Crippen LogP contribution < -0.4 is 15.4 Å². The third kappa shape index (κ3) is 3.92. The fourth-order valence-electron chi connectivity index (χ4n) is 2.93. The molecule has 1 saturated heterocycles. The molecule has 1 amide bonds. The molecule has 3 heterocycles. The number of benzene rings is 1. The molecule has 2 N–H and O–H groups in total. The molecule has 4 rings (SSSR count). The quantitative estimate of drug-likeness (QED) is 0.655. The second-order valence-corrected chi connectivity index (χ2v) is 10.5. The van der Waals surface area contributed by atoms with Gasteiger partial charge in [-0.25, -0.2) is 13.4 Å². The number of methoxy groups -OCH3 is 1. The van der Waals surface area contributed by atoms with Crippen LogP contribution in [0.5, 0.6) is 5.75 Å². The molecular formula is C17H17N3O4S3. The molecule has 0 unspecified atom stereocenters. The van der Waals surface area contributed by atoms with Gasteiger partial charge in [0.2, 0.25) is 0 Å². The van der Waals surface area contributed by atoms with E-state index in [2.05, 4.69) is 15.6 Å². The van der Waals surface area contributed by atoms with E-state index in [1.54, 1.807) is 13.2 Å². The smallest absolute Gasteiger partial charge is 0.261 e. The molecular weight excluding hydrogens is 406 g/mol. The lowest BCUT2D eigenvalue weighted by molar-refractivity contribution is 0.0945. The van der Waals surface area contributed by atoms with Crippen LogP contribution in [0.3, 0.4) is 0 Å². The first-order valence-electron chi connectivity index (χ1n) is 8.25. The van der Waals surface area contributed by atoms with Crippen LogP contribution in [-0.2, 0) is 9.84 Å². The first-order chi connectivity index (χ1) is 12.9. The average Bonchev–Trinajstić information content (AvgIpc) is 3.28. The maximum atomic E-state index is 12.4. The van der Waals surface area contributed by atoms with Crippen LogP contribution in [0.25, 0.3) is 9.53 Å². The Morgan fingerprint density at radius 2 is 2.11 bits per heavy atom. The zero-order valence-corrected chi connectivity index (χ0v) is 16.8. The van der Waals surface area contributed by atoms with E-state index in [0.29, 0.717) is 11.3 Å². The predicted molar refractivity (Wildman–Crippen MR) is 108 cm³/mol. The minimum atomic E-state index is -3.02. The number of sulfone groups is 1. The molecule has 1 atom stereocenters. The Morgan fingerprint density at radius 1 is 1.30 bits per heavy atom. The second-order valence-electron chi connectivity index (χ2n) is 6.20. The number of carbonyl (C=O) groups is 1. The van der Waals surface area contributed by atoms with Gasteiger partial charge in [-0.3, -0.25) is 4.79 Å². The maximum absolute atomic E-state index is 12.4. The summed E-state index contributed by atoms with van der Waals surface area (Å²) in [6.45, 7) is 0. The van der Waals surface area contributed by atoms with Crippen LogP contribution in [0, 0.1) is 0 Å². The molecule has 27 heavy (non-hydrogen) atoms. The van der Waals surface area contributed by atoms with Crippen molar-refractivity contribution >= 4 is 58.8 Å². The summed E-state index contributed by atoms with van der Waals surface area (Å²) in [7, 11) is -1.41. The van der Waals surface area contributed by atoms with Gasteiger partial charge in [0.1, 0.15) is 10.6 Å². The number of anilines is 2. The third-order valence-corrected chi connectivity index (χ3v) is 8.07. The number of hydrogen-bond donors (Lipinski definition) is 2. The van der Waals surface area contributed by atoms with Gasteiger partial charge in [0.05, 0.1) is 33.9 Å². The summed E-state index contributed by atoms with van der Waals surface area (Å²) in [4.78, 5) is 18.2. The molecule has 2 aromatic heterocycles. The van der Waals surface area contributed by atoms with E-state index < -0.39 is 9.84 Å². The van der Waals surface area contributed by atoms with Crippen LogP contribution in [0.4, 0.5) is 10.8 Å². The normalized spacial score (nSPS) is 18.5. The van der Waals surface area contributed by atoms with Crippen molar-refractivity contribution in [2.75, 3.05) is 23.9 Å². The molecule has 0 bridgehead atoms. The number of rotatable bonds is 5. The molecule has 10 heteroatoms. The second kappa shape index (κ2) is 7.10. The lowest BCUT2D eigenvalue weighted by atomic mass is 10.2. The summed E-state index contributed by atoms with van der Waals surface area (Å²) in [6.07, 6.45) is 0.471. The van der Waals surface area contributed by atoms with Crippen molar-refractivity contribution < 1.29 is 17.9 Å². The van der Waals surface area contributed by atoms with Gasteiger partial charge in [-0.1, -0.05) is 23.5 Å². The van der Waals surface area contributed by atoms with E-state index in [4.69, 9.17) is 4.74 Å². The lowest BCUT2D eigenvalue weighted by Gasteiger charge is -2.09. The average molecular weight is 424 g/mol. The van der Waals surface area contributed by atoms with E-state index >= 15 is 0 Å². The van der Waals surface area contributed by atoms with Crippen LogP contribution in [0.2, 0.25) is 0 Å². The molecule has 0 radical (unpaired) electrons. The standard InChI is InChI=1S/C17H17N3O4S3/c1-24-12-5-3-2-4-11(12)19-17-20-16-14(26-17)8-13(25-16)15(21)18-10-6-7-27(22,23)9-10/h2-5,8,10H,6-7,9H2,1H3,(H,18,21)(H,19,20)/t10-/m1/s1. The Labute approximate surface area is 164 Å². The van der Waals surface area contributed by atoms with Crippen molar-refractivity contribution in [3.63, 3.8) is 0 Å². The highest BCUT2D eigenvalue weighted by molar-refractivity contribution is 7.91. The highest BCUT2D eigenvalue weighted by Gasteiger charge is 2.29. The van der Waals surface area contributed by atoms with Gasteiger partial charge < -0.3 is 15.4 Å². The van der Waals surface area contributed by atoms with E-state index in [-0.39, 0.29) is 23.5 Å². The lowest BCUT2D eigenvalue weighted by Crippen LogP contribution is -2.35. The molecule has 1 aliphatic rings. The van der Waals surface area contributed by atoms with Crippen LogP contribution in [-0.4, -0.2) is 44.0 Å². The molecule has 7 nitrogen and oxygen atoms in total. The van der Waals surface area contributed by atoms with E-state index in [1.807, 2.05) is 24.3 Å². The number of fused-ring (bicyclic) bond motifs is 1. The Hall–Kier alpha value is -2.17. The highest BCUT2D eigenvalue weighted by Crippen LogP contribution is 2.36. The predicted octanol–water partition coefficient (Wildman–Crippen LogP) is 3.03. The van der Waals surface area contributed by atoms with Gasteiger partial charge in [0.25, 0.3) is 5.91 Å². The van der Waals surface area contributed by atoms with Crippen molar-refractivity contribution in [3.8, 4) is 5.75 Å². The molecule has 1 aromatic carbocycles. The summed E-state index contributed by atoms with van der Waals surface area (Å²) >= 11 is 2.75. The number of nitrogens with zero attached hydrogens (tertiary/aromatic N) is 1. The number of hydrogen-bond acceptors (Lipinski definition) is 8. The number of para-hydroxylation sites is 2. The molecule has 0 aliphatic carbocycles. The number of amides is 1. The van der Waals surface area contributed by atoms with E-state index in [0.717, 1.165) is 26.1 Å². The first-order valence-corrected chi connectivity index (χ1v) is 11.7. The van der Waals surface area contributed by atoms with Gasteiger partial charge in [0.15, 0.2) is 15.0 Å². The monoisotopic (exact) mass is 423 g/mol. The molecule has 1 fully saturated rings. The van der Waals surface area contributed by atoms with Gasteiger partial charge >= 0.3 is 0 Å². The summed E-state index contributed by atoms with van der Waals surface area (Å²) in [6, 6.07) is 9.06. The third-order valence-electron chi connectivity index (χ3n) is 4.23. The molecule has 0 spiro atoms. The zero-order valence-electron chi connectivity index (χ0n) is 14.4. The zero-order chi connectivity index (χ0) is 19.0. The fraction of sp³-hybridized carbons (Fsp3) is 0.294. The number of thiazole rings is 1. The van der Waals surface area contributed by atoms with Crippen molar-refractivity contribution in [3.05, 3.63) is 35.2 Å². The minimum Gasteiger partial charge on any atom is -0.495 e. The molecule has 0 saturated carbocycles. The van der Waals surface area contributed by atoms with Gasteiger partial charge in [0, 0.05) is 6.04 Å². The summed E-state index contributed by atoms with van der Waals surface area (Å²) in [5, 5.41) is 6.76. The Kier molecular flexibility index (Phi) is 4.79. The first kappa shape index (κ1) is 18.2. The Bertz CT molecular complexity index is 1070. The van der Waals surface area contributed by atoms with Gasteiger partial charge in [-0.15, -0.1) is 11.3 Å². The van der Waals surface area contributed by atoms with Crippen LogP contribution >= 0.6 is 22.7 Å². The molecule has 1 aliphatic heterocycles. The van der Waals surface area contributed by atoms with Crippen molar-refractivity contribution in [2.45, 2.75) is 12.5 Å². The highest BCUT2D eigenvalue weighted by atomic mass is 32.2.